The Bertz CT molecular complexity index is 851. The molecule has 1 saturated heterocycles. The number of carbonyl (C=O) groups excluding carboxylic acids is 1. The summed E-state index contributed by atoms with van der Waals surface area (Å²) in [7, 11) is 0. The summed E-state index contributed by atoms with van der Waals surface area (Å²) in [6, 6.07) is 4.40. The van der Waals surface area contributed by atoms with Crippen molar-refractivity contribution in [2.75, 3.05) is 18.4 Å². The molecular weight excluding hydrogens is 364 g/mol. The summed E-state index contributed by atoms with van der Waals surface area (Å²) in [5.74, 6) is 0.728. The van der Waals surface area contributed by atoms with Gasteiger partial charge in [0.05, 0.1) is 11.3 Å². The highest BCUT2D eigenvalue weighted by atomic mass is 19.3. The third-order valence-corrected chi connectivity index (χ3v) is 5.76. The molecule has 0 saturated carbocycles. The van der Waals surface area contributed by atoms with Crippen molar-refractivity contribution in [2.24, 2.45) is 5.92 Å². The molecule has 2 aromatic rings. The maximum Gasteiger partial charge on any atom is 0.260 e. The minimum absolute atomic E-state index is 0.0423. The molecule has 4 rings (SSSR count). The first-order valence-electron chi connectivity index (χ1n) is 9.75. The number of likely N-dealkylation sites (tertiary alicyclic amines) is 1. The number of pyridine rings is 1. The fraction of sp³-hybridized carbons (Fsp3) is 0.550. The number of alkyl halides is 2. The molecule has 28 heavy (non-hydrogen) atoms. The summed E-state index contributed by atoms with van der Waals surface area (Å²) in [5, 5.41) is 7.62. The van der Waals surface area contributed by atoms with E-state index in [1.165, 1.54) is 4.68 Å². The minimum Gasteiger partial charge on any atom is -0.367 e. The Morgan fingerprint density at radius 1 is 1.29 bits per heavy atom. The Hall–Kier alpha value is -2.51. The van der Waals surface area contributed by atoms with Gasteiger partial charge in [0.15, 0.2) is 0 Å². The summed E-state index contributed by atoms with van der Waals surface area (Å²) in [5.41, 5.74) is 2.16. The molecule has 1 amide bonds. The standard InChI is InChI=1S/C20H25F2N5O/c1-12-5-6-14(10-23-12)20(28)26-7-3-4-15(11-26)16-9-17(19(21)22)27-18(24-16)8-13(2)25-27/h5-6,8,10,15-17,19,24H,3-4,7,9,11H2,1-2H3/t15?,16-,17+/m0/s1. The van der Waals surface area contributed by atoms with Gasteiger partial charge in [-0.15, -0.1) is 0 Å². The van der Waals surface area contributed by atoms with E-state index in [2.05, 4.69) is 15.4 Å². The van der Waals surface area contributed by atoms with E-state index < -0.39 is 12.5 Å². The third kappa shape index (κ3) is 3.59. The van der Waals surface area contributed by atoms with Crippen LogP contribution in [0.25, 0.3) is 0 Å². The first-order valence-corrected chi connectivity index (χ1v) is 9.75. The van der Waals surface area contributed by atoms with Crippen molar-refractivity contribution in [2.45, 2.75) is 51.6 Å². The fourth-order valence-corrected chi connectivity index (χ4v) is 4.31. The Labute approximate surface area is 162 Å². The number of hydrogen-bond donors (Lipinski definition) is 1. The molecule has 2 aliphatic heterocycles. The van der Waals surface area contributed by atoms with Crippen LogP contribution < -0.4 is 5.32 Å². The number of aryl methyl sites for hydroxylation is 2. The molecule has 8 heteroatoms. The van der Waals surface area contributed by atoms with Gasteiger partial charge in [0, 0.05) is 37.1 Å². The quantitative estimate of drug-likeness (QED) is 0.874. The number of anilines is 1. The first-order chi connectivity index (χ1) is 13.4. The van der Waals surface area contributed by atoms with Gasteiger partial charge in [0.1, 0.15) is 11.9 Å². The zero-order valence-electron chi connectivity index (χ0n) is 16.1. The molecule has 0 bridgehead atoms. The van der Waals surface area contributed by atoms with E-state index >= 15 is 0 Å². The van der Waals surface area contributed by atoms with Crippen molar-refractivity contribution in [1.82, 2.24) is 19.7 Å². The Balaban J connectivity index is 1.50. The maximum atomic E-state index is 13.6. The second-order valence-electron chi connectivity index (χ2n) is 7.85. The number of amides is 1. The van der Waals surface area contributed by atoms with E-state index in [0.29, 0.717) is 30.9 Å². The molecule has 6 nitrogen and oxygen atoms in total. The number of nitrogens with one attached hydrogen (secondary N) is 1. The van der Waals surface area contributed by atoms with Crippen LogP contribution in [0.1, 0.15) is 47.1 Å². The lowest BCUT2D eigenvalue weighted by molar-refractivity contribution is 0.0505. The normalized spacial score (nSPS) is 24.8. The number of aromatic nitrogens is 3. The van der Waals surface area contributed by atoms with Crippen LogP contribution in [0.4, 0.5) is 14.6 Å². The Morgan fingerprint density at radius 2 is 2.11 bits per heavy atom. The van der Waals surface area contributed by atoms with E-state index in [-0.39, 0.29) is 17.9 Å². The zero-order chi connectivity index (χ0) is 19.8. The molecule has 2 aromatic heterocycles. The van der Waals surface area contributed by atoms with E-state index in [1.807, 2.05) is 24.0 Å². The molecule has 0 spiro atoms. The van der Waals surface area contributed by atoms with Crippen LogP contribution in [0, 0.1) is 19.8 Å². The number of halogens is 2. The molecule has 150 valence electrons. The lowest BCUT2D eigenvalue weighted by atomic mass is 9.85. The number of piperidine rings is 1. The lowest BCUT2D eigenvalue weighted by Crippen LogP contribution is -2.48. The highest BCUT2D eigenvalue weighted by Crippen LogP contribution is 2.36. The van der Waals surface area contributed by atoms with Crippen LogP contribution >= 0.6 is 0 Å². The van der Waals surface area contributed by atoms with Crippen LogP contribution in [0.2, 0.25) is 0 Å². The number of nitrogens with zero attached hydrogens (tertiary/aromatic N) is 4. The summed E-state index contributed by atoms with van der Waals surface area (Å²) in [4.78, 5) is 18.9. The van der Waals surface area contributed by atoms with Gasteiger partial charge in [-0.3, -0.25) is 9.78 Å². The number of fused-ring (bicyclic) bond motifs is 1. The summed E-state index contributed by atoms with van der Waals surface area (Å²) in [6.45, 7) is 4.94. The van der Waals surface area contributed by atoms with Gasteiger partial charge in [-0.1, -0.05) is 0 Å². The van der Waals surface area contributed by atoms with Gasteiger partial charge in [0.2, 0.25) is 0 Å². The van der Waals surface area contributed by atoms with Gasteiger partial charge in [-0.2, -0.15) is 5.10 Å². The second kappa shape index (κ2) is 7.48. The van der Waals surface area contributed by atoms with Crippen LogP contribution in [0.5, 0.6) is 0 Å². The van der Waals surface area contributed by atoms with Crippen molar-refractivity contribution in [3.63, 3.8) is 0 Å². The van der Waals surface area contributed by atoms with Gasteiger partial charge in [-0.05, 0) is 51.2 Å². The fourth-order valence-electron chi connectivity index (χ4n) is 4.31. The third-order valence-electron chi connectivity index (χ3n) is 5.76. The van der Waals surface area contributed by atoms with Crippen molar-refractivity contribution in [3.8, 4) is 0 Å². The van der Waals surface area contributed by atoms with E-state index in [1.54, 1.807) is 19.2 Å². The average Bonchev–Trinajstić information content (AvgIpc) is 3.07. The highest BCUT2D eigenvalue weighted by Gasteiger charge is 2.38. The van der Waals surface area contributed by atoms with Crippen molar-refractivity contribution >= 4 is 11.7 Å². The van der Waals surface area contributed by atoms with Gasteiger partial charge in [-0.25, -0.2) is 13.5 Å². The van der Waals surface area contributed by atoms with E-state index in [9.17, 15) is 13.6 Å². The summed E-state index contributed by atoms with van der Waals surface area (Å²) in [6.07, 6.45) is 1.23. The summed E-state index contributed by atoms with van der Waals surface area (Å²) < 4.78 is 28.7. The largest absolute Gasteiger partial charge is 0.367 e. The van der Waals surface area contributed by atoms with Crippen molar-refractivity contribution in [3.05, 3.63) is 41.3 Å². The van der Waals surface area contributed by atoms with Gasteiger partial charge < -0.3 is 10.2 Å². The Morgan fingerprint density at radius 3 is 2.82 bits per heavy atom. The molecular formula is C20H25F2N5O. The van der Waals surface area contributed by atoms with Gasteiger partial charge >= 0.3 is 0 Å². The summed E-state index contributed by atoms with van der Waals surface area (Å²) >= 11 is 0. The average molecular weight is 389 g/mol. The maximum absolute atomic E-state index is 13.6. The zero-order valence-corrected chi connectivity index (χ0v) is 16.1. The predicted octanol–water partition coefficient (Wildman–Crippen LogP) is 3.44. The van der Waals surface area contributed by atoms with Crippen LogP contribution in [0.3, 0.4) is 0 Å². The lowest BCUT2D eigenvalue weighted by Gasteiger charge is -2.41. The smallest absolute Gasteiger partial charge is 0.260 e. The van der Waals surface area contributed by atoms with E-state index in [4.69, 9.17) is 0 Å². The molecule has 2 aliphatic rings. The van der Waals surface area contributed by atoms with Gasteiger partial charge in [0.25, 0.3) is 12.3 Å². The molecule has 3 atom stereocenters. The highest BCUT2D eigenvalue weighted by molar-refractivity contribution is 5.94. The monoisotopic (exact) mass is 389 g/mol. The predicted molar refractivity (Wildman–Crippen MR) is 102 cm³/mol. The molecule has 1 unspecified atom stereocenters. The molecule has 1 fully saturated rings. The molecule has 0 radical (unpaired) electrons. The Kier molecular flexibility index (Phi) is 5.03. The SMILES string of the molecule is Cc1ccc(C(=O)N2CCCC([C@@H]3C[C@H](C(F)F)n4nc(C)cc4N3)C2)cn1. The molecule has 0 aliphatic carbocycles. The van der Waals surface area contributed by atoms with Crippen molar-refractivity contribution < 1.29 is 13.6 Å². The van der Waals surface area contributed by atoms with Crippen LogP contribution in [-0.4, -0.2) is 51.1 Å². The number of hydrogen-bond acceptors (Lipinski definition) is 4. The van der Waals surface area contributed by atoms with Crippen molar-refractivity contribution in [1.29, 1.82) is 0 Å². The van der Waals surface area contributed by atoms with E-state index in [0.717, 1.165) is 24.2 Å². The number of carbonyl (C=O) groups is 1. The molecule has 0 aromatic carbocycles. The minimum atomic E-state index is -2.47. The topological polar surface area (TPSA) is 63.1 Å². The number of rotatable bonds is 3. The van der Waals surface area contributed by atoms with Crippen LogP contribution in [0.15, 0.2) is 24.4 Å². The first kappa shape index (κ1) is 18.8. The second-order valence-corrected chi connectivity index (χ2v) is 7.85. The van der Waals surface area contributed by atoms with Crippen LogP contribution in [-0.2, 0) is 0 Å². The molecule has 1 N–H and O–H groups in total. The molecule has 4 heterocycles.